The van der Waals surface area contributed by atoms with Gasteiger partial charge in [-0.3, -0.25) is 9.67 Å². The van der Waals surface area contributed by atoms with E-state index in [1.165, 1.54) is 0 Å². The molecule has 8 heteroatoms. The van der Waals surface area contributed by atoms with E-state index in [0.717, 1.165) is 35.3 Å². The lowest BCUT2D eigenvalue weighted by molar-refractivity contribution is 0.768. The summed E-state index contributed by atoms with van der Waals surface area (Å²) in [7, 11) is 1.87. The molecule has 0 saturated heterocycles. The van der Waals surface area contributed by atoms with Crippen molar-refractivity contribution in [2.24, 2.45) is 7.05 Å². The molecule has 1 saturated carbocycles. The van der Waals surface area contributed by atoms with Crippen LogP contribution in [0.2, 0.25) is 0 Å². The van der Waals surface area contributed by atoms with E-state index >= 15 is 0 Å². The van der Waals surface area contributed by atoms with E-state index in [9.17, 15) is 5.26 Å². The van der Waals surface area contributed by atoms with Crippen LogP contribution in [-0.2, 0) is 12.5 Å². The number of fused-ring (bicyclic) bond motifs is 1. The maximum atomic E-state index is 9.32. The summed E-state index contributed by atoms with van der Waals surface area (Å²) < 4.78 is 3.48. The molecule has 1 fully saturated rings. The number of nitrogens with zero attached hydrogens (tertiary/aromatic N) is 7. The van der Waals surface area contributed by atoms with Crippen molar-refractivity contribution in [2.45, 2.75) is 18.3 Å². The summed E-state index contributed by atoms with van der Waals surface area (Å²) in [5.41, 5.74) is 4.06. The van der Waals surface area contributed by atoms with Crippen molar-refractivity contribution < 1.29 is 0 Å². The molecule has 0 unspecified atom stereocenters. The van der Waals surface area contributed by atoms with E-state index in [2.05, 4.69) is 31.6 Å². The van der Waals surface area contributed by atoms with Gasteiger partial charge in [-0.2, -0.15) is 15.3 Å². The van der Waals surface area contributed by atoms with Crippen molar-refractivity contribution in [3.63, 3.8) is 0 Å². The molecule has 132 valence electrons. The molecular formula is C19H16N8. The number of hydrogen-bond acceptors (Lipinski definition) is 6. The second-order valence-corrected chi connectivity index (χ2v) is 6.80. The minimum absolute atomic E-state index is 0.274. The first-order valence-electron chi connectivity index (χ1n) is 8.65. The highest BCUT2D eigenvalue weighted by Gasteiger charge is 2.44. The molecule has 1 aromatic carbocycles. The molecule has 1 aliphatic rings. The zero-order chi connectivity index (χ0) is 18.4. The van der Waals surface area contributed by atoms with E-state index in [4.69, 9.17) is 0 Å². The Morgan fingerprint density at radius 1 is 1.15 bits per heavy atom. The summed E-state index contributed by atoms with van der Waals surface area (Å²) in [6.07, 6.45) is 8.97. The first-order valence-corrected chi connectivity index (χ1v) is 8.65. The van der Waals surface area contributed by atoms with Gasteiger partial charge in [0.2, 0.25) is 5.95 Å². The van der Waals surface area contributed by atoms with Gasteiger partial charge in [0.25, 0.3) is 0 Å². The second-order valence-electron chi connectivity index (χ2n) is 6.80. The average Bonchev–Trinajstić information content (AvgIpc) is 3.19. The average molecular weight is 356 g/mol. The third-order valence-electron chi connectivity index (χ3n) is 4.91. The second kappa shape index (κ2) is 5.64. The number of hydrogen-bond donors (Lipinski definition) is 1. The van der Waals surface area contributed by atoms with E-state index in [-0.39, 0.29) is 5.41 Å². The van der Waals surface area contributed by atoms with Crippen molar-refractivity contribution >= 4 is 17.3 Å². The number of nitriles is 1. The monoisotopic (exact) mass is 356 g/mol. The van der Waals surface area contributed by atoms with Gasteiger partial charge in [-0.1, -0.05) is 12.1 Å². The highest BCUT2D eigenvalue weighted by molar-refractivity contribution is 5.62. The predicted molar refractivity (Wildman–Crippen MR) is 99.2 cm³/mol. The van der Waals surface area contributed by atoms with Gasteiger partial charge in [0.1, 0.15) is 0 Å². The lowest BCUT2D eigenvalue weighted by atomic mass is 9.98. The molecular weight excluding hydrogens is 340 g/mol. The number of benzene rings is 1. The van der Waals surface area contributed by atoms with Crippen molar-refractivity contribution in [2.75, 3.05) is 5.32 Å². The Hall–Kier alpha value is -3.73. The van der Waals surface area contributed by atoms with Crippen LogP contribution in [0.15, 0.2) is 49.1 Å². The Bertz CT molecular complexity index is 1170. The fraction of sp³-hybridized carbons (Fsp3) is 0.211. The molecule has 0 atom stereocenters. The van der Waals surface area contributed by atoms with Crippen LogP contribution in [0.1, 0.15) is 18.4 Å². The summed E-state index contributed by atoms with van der Waals surface area (Å²) in [5.74, 6) is 0.488. The molecule has 0 radical (unpaired) electrons. The lowest BCUT2D eigenvalue weighted by Gasteiger charge is -2.07. The van der Waals surface area contributed by atoms with Crippen LogP contribution in [0.25, 0.3) is 16.9 Å². The topological polar surface area (TPSA) is 96.7 Å². The van der Waals surface area contributed by atoms with E-state index in [0.29, 0.717) is 11.6 Å². The third-order valence-corrected chi connectivity index (χ3v) is 4.91. The number of aryl methyl sites for hydroxylation is 1. The molecule has 8 nitrogen and oxygen atoms in total. The van der Waals surface area contributed by atoms with Crippen LogP contribution in [0, 0.1) is 11.3 Å². The minimum Gasteiger partial charge on any atom is -0.323 e. The first-order chi connectivity index (χ1) is 13.2. The van der Waals surface area contributed by atoms with E-state index in [1.54, 1.807) is 27.8 Å². The maximum Gasteiger partial charge on any atom is 0.247 e. The number of anilines is 2. The SMILES string of the molecule is Cn1cc(-c2cncc3nc(Nc4ccc(C5(C#N)CC5)cc4)nn23)cn1. The fourth-order valence-corrected chi connectivity index (χ4v) is 3.21. The molecule has 5 rings (SSSR count). The summed E-state index contributed by atoms with van der Waals surface area (Å²) in [6, 6.07) is 10.3. The Labute approximate surface area is 155 Å². The van der Waals surface area contributed by atoms with Crippen LogP contribution in [0.4, 0.5) is 11.6 Å². The van der Waals surface area contributed by atoms with Gasteiger partial charge in [0, 0.05) is 24.5 Å². The van der Waals surface area contributed by atoms with Crippen molar-refractivity contribution in [1.29, 1.82) is 5.26 Å². The molecule has 1 N–H and O–H groups in total. The largest absolute Gasteiger partial charge is 0.323 e. The van der Waals surface area contributed by atoms with Gasteiger partial charge < -0.3 is 5.32 Å². The molecule has 0 spiro atoms. The van der Waals surface area contributed by atoms with Crippen molar-refractivity contribution in [1.82, 2.24) is 29.4 Å². The predicted octanol–water partition coefficient (Wildman–Crippen LogP) is 2.82. The quantitative estimate of drug-likeness (QED) is 0.604. The third kappa shape index (κ3) is 2.60. The molecule has 0 bridgehead atoms. The summed E-state index contributed by atoms with van der Waals surface area (Å²) >= 11 is 0. The normalized spacial score (nSPS) is 14.8. The number of nitrogens with one attached hydrogen (secondary N) is 1. The highest BCUT2D eigenvalue weighted by atomic mass is 15.4. The minimum atomic E-state index is -0.274. The van der Waals surface area contributed by atoms with Crippen LogP contribution in [0.5, 0.6) is 0 Å². The fourth-order valence-electron chi connectivity index (χ4n) is 3.21. The van der Waals surface area contributed by atoms with Gasteiger partial charge in [-0.15, -0.1) is 5.10 Å². The van der Waals surface area contributed by atoms with Gasteiger partial charge in [0.05, 0.1) is 35.8 Å². The molecule has 4 aromatic rings. The smallest absolute Gasteiger partial charge is 0.247 e. The van der Waals surface area contributed by atoms with Gasteiger partial charge in [-0.05, 0) is 30.5 Å². The summed E-state index contributed by atoms with van der Waals surface area (Å²) in [4.78, 5) is 8.75. The summed E-state index contributed by atoms with van der Waals surface area (Å²) in [5, 5.41) is 21.3. The molecule has 1 aliphatic carbocycles. The van der Waals surface area contributed by atoms with Crippen LogP contribution < -0.4 is 5.32 Å². The van der Waals surface area contributed by atoms with Gasteiger partial charge >= 0.3 is 0 Å². The molecule has 27 heavy (non-hydrogen) atoms. The highest BCUT2D eigenvalue weighted by Crippen LogP contribution is 2.47. The van der Waals surface area contributed by atoms with Crippen molar-refractivity contribution in [3.05, 3.63) is 54.6 Å². The van der Waals surface area contributed by atoms with E-state index in [1.807, 2.05) is 37.5 Å². The molecule has 0 aliphatic heterocycles. The Balaban J connectivity index is 1.45. The van der Waals surface area contributed by atoms with Gasteiger partial charge in [-0.25, -0.2) is 4.52 Å². The molecule has 0 amide bonds. The Morgan fingerprint density at radius 3 is 2.63 bits per heavy atom. The van der Waals surface area contributed by atoms with Gasteiger partial charge in [0.15, 0.2) is 5.65 Å². The summed E-state index contributed by atoms with van der Waals surface area (Å²) in [6.45, 7) is 0. The van der Waals surface area contributed by atoms with E-state index < -0.39 is 0 Å². The Kier molecular flexibility index (Phi) is 3.24. The zero-order valence-corrected chi connectivity index (χ0v) is 14.7. The van der Waals surface area contributed by atoms with Crippen LogP contribution in [-0.4, -0.2) is 29.4 Å². The first kappa shape index (κ1) is 15.5. The number of aromatic nitrogens is 6. The Morgan fingerprint density at radius 2 is 1.96 bits per heavy atom. The standard InChI is InChI=1S/C19H16N8/c1-26-11-13(8-22-26)16-9-21-10-17-24-18(25-27(16)17)23-15-4-2-14(3-5-15)19(12-20)6-7-19/h2-5,8-11H,6-7H2,1H3,(H,23,25). The van der Waals surface area contributed by atoms with Crippen LogP contribution >= 0.6 is 0 Å². The number of rotatable bonds is 4. The zero-order valence-electron chi connectivity index (χ0n) is 14.7. The van der Waals surface area contributed by atoms with Crippen molar-refractivity contribution in [3.8, 4) is 17.3 Å². The molecule has 3 aromatic heterocycles. The maximum absolute atomic E-state index is 9.32. The van der Waals surface area contributed by atoms with Crippen LogP contribution in [0.3, 0.4) is 0 Å². The lowest BCUT2D eigenvalue weighted by Crippen LogP contribution is -2.02. The molecule has 3 heterocycles.